The first kappa shape index (κ1) is 11.7. The Morgan fingerprint density at radius 2 is 1.81 bits per heavy atom. The number of hydrogen-bond donors (Lipinski definition) is 1. The third-order valence-electron chi connectivity index (χ3n) is 3.17. The van der Waals surface area contributed by atoms with Crippen LogP contribution in [0, 0.1) is 0 Å². The molecule has 0 saturated carbocycles. The lowest BCUT2D eigenvalue weighted by atomic mass is 10.2. The Balaban J connectivity index is 2.01. The van der Waals surface area contributed by atoms with Gasteiger partial charge in [-0.2, -0.15) is 0 Å². The fraction of sp³-hybridized carbons (Fsp3) is 0.538. The van der Waals surface area contributed by atoms with Gasteiger partial charge in [0.05, 0.1) is 0 Å². The summed E-state index contributed by atoms with van der Waals surface area (Å²) in [6.45, 7) is 3.35. The van der Waals surface area contributed by atoms with E-state index in [0.717, 1.165) is 17.3 Å². The van der Waals surface area contributed by atoms with Crippen molar-refractivity contribution in [2.24, 2.45) is 0 Å². The molecule has 2 rings (SSSR count). The smallest absolute Gasteiger partial charge is 0.0471 e. The molecule has 1 aromatic carbocycles. The summed E-state index contributed by atoms with van der Waals surface area (Å²) in [7, 11) is 0. The fourth-order valence-corrected chi connectivity index (χ4v) is 2.48. The maximum absolute atomic E-state index is 6.18. The minimum Gasteiger partial charge on any atom is -0.399 e. The molecule has 0 aliphatic carbocycles. The van der Waals surface area contributed by atoms with Crippen molar-refractivity contribution in [2.45, 2.75) is 32.2 Å². The molecule has 16 heavy (non-hydrogen) atoms. The number of hydrogen-bond acceptors (Lipinski definition) is 2. The van der Waals surface area contributed by atoms with Crippen LogP contribution in [0.5, 0.6) is 0 Å². The van der Waals surface area contributed by atoms with Gasteiger partial charge in [-0.3, -0.25) is 4.90 Å². The molecule has 2 nitrogen and oxygen atoms in total. The maximum Gasteiger partial charge on any atom is 0.0471 e. The van der Waals surface area contributed by atoms with Crippen LogP contribution in [0.1, 0.15) is 31.2 Å². The van der Waals surface area contributed by atoms with Gasteiger partial charge in [0.25, 0.3) is 0 Å². The first-order chi connectivity index (χ1) is 7.75. The van der Waals surface area contributed by atoms with Crippen LogP contribution >= 0.6 is 11.6 Å². The van der Waals surface area contributed by atoms with Gasteiger partial charge in [-0.15, -0.1) is 0 Å². The zero-order chi connectivity index (χ0) is 11.4. The Morgan fingerprint density at radius 3 is 2.44 bits per heavy atom. The van der Waals surface area contributed by atoms with Crippen LogP contribution in [-0.2, 0) is 6.54 Å². The Morgan fingerprint density at radius 1 is 1.12 bits per heavy atom. The van der Waals surface area contributed by atoms with Gasteiger partial charge >= 0.3 is 0 Å². The van der Waals surface area contributed by atoms with Gasteiger partial charge in [-0.1, -0.05) is 30.5 Å². The maximum atomic E-state index is 6.18. The number of benzene rings is 1. The average molecular weight is 239 g/mol. The summed E-state index contributed by atoms with van der Waals surface area (Å²) in [5.41, 5.74) is 7.62. The second kappa shape index (κ2) is 5.55. The summed E-state index contributed by atoms with van der Waals surface area (Å²) in [5, 5.41) is 0.796. The highest BCUT2D eigenvalue weighted by atomic mass is 35.5. The van der Waals surface area contributed by atoms with Crippen LogP contribution in [0.15, 0.2) is 18.2 Å². The summed E-state index contributed by atoms with van der Waals surface area (Å²) in [4.78, 5) is 2.49. The van der Waals surface area contributed by atoms with E-state index in [1.807, 2.05) is 18.2 Å². The van der Waals surface area contributed by atoms with Gasteiger partial charge in [0, 0.05) is 17.3 Å². The van der Waals surface area contributed by atoms with Crippen molar-refractivity contribution < 1.29 is 0 Å². The van der Waals surface area contributed by atoms with E-state index < -0.39 is 0 Å². The van der Waals surface area contributed by atoms with Crippen LogP contribution in [0.3, 0.4) is 0 Å². The van der Waals surface area contributed by atoms with Crippen molar-refractivity contribution in [2.75, 3.05) is 18.8 Å². The highest BCUT2D eigenvalue weighted by Crippen LogP contribution is 2.22. The van der Waals surface area contributed by atoms with Crippen molar-refractivity contribution >= 4 is 17.3 Å². The van der Waals surface area contributed by atoms with E-state index >= 15 is 0 Å². The van der Waals surface area contributed by atoms with Crippen molar-refractivity contribution in [3.63, 3.8) is 0 Å². The number of rotatable bonds is 2. The van der Waals surface area contributed by atoms with Crippen LogP contribution in [0.2, 0.25) is 5.02 Å². The third kappa shape index (κ3) is 3.13. The molecule has 88 valence electrons. The third-order valence-corrected chi connectivity index (χ3v) is 3.52. The van der Waals surface area contributed by atoms with Crippen LogP contribution in [0.4, 0.5) is 5.69 Å². The quantitative estimate of drug-likeness (QED) is 0.802. The van der Waals surface area contributed by atoms with E-state index in [1.54, 1.807) is 0 Å². The molecule has 0 unspecified atom stereocenters. The molecule has 0 amide bonds. The Kier molecular flexibility index (Phi) is 4.08. The van der Waals surface area contributed by atoms with E-state index in [0.29, 0.717) is 0 Å². The van der Waals surface area contributed by atoms with Gasteiger partial charge in [0.1, 0.15) is 0 Å². The molecule has 1 heterocycles. The van der Waals surface area contributed by atoms with E-state index in [9.17, 15) is 0 Å². The zero-order valence-electron chi connectivity index (χ0n) is 9.58. The molecule has 0 aromatic heterocycles. The predicted octanol–water partition coefficient (Wildman–Crippen LogP) is 3.30. The normalized spacial score (nSPS) is 18.3. The molecule has 1 aliphatic heterocycles. The number of nitrogens with two attached hydrogens (primary N) is 1. The molecule has 0 atom stereocenters. The average Bonchev–Trinajstić information content (AvgIpc) is 2.51. The van der Waals surface area contributed by atoms with Gasteiger partial charge in [-0.05, 0) is 43.6 Å². The molecular weight excluding hydrogens is 220 g/mol. The lowest BCUT2D eigenvalue weighted by molar-refractivity contribution is 0.277. The molecular formula is C13H19ClN2. The van der Waals surface area contributed by atoms with Gasteiger partial charge in [0.15, 0.2) is 0 Å². The molecule has 0 radical (unpaired) electrons. The Labute approximate surface area is 102 Å². The standard InChI is InChI=1S/C13H19ClN2/c14-13-9-12(15)6-5-11(13)10-16-7-3-1-2-4-8-16/h5-6,9H,1-4,7-8,10,15H2. The summed E-state index contributed by atoms with van der Waals surface area (Å²) < 4.78 is 0. The number of nitrogen functional groups attached to an aromatic ring is 1. The van der Waals surface area contributed by atoms with Gasteiger partial charge in [-0.25, -0.2) is 0 Å². The first-order valence-electron chi connectivity index (χ1n) is 6.02. The van der Waals surface area contributed by atoms with E-state index in [-0.39, 0.29) is 0 Å². The summed E-state index contributed by atoms with van der Waals surface area (Å²) >= 11 is 6.18. The van der Waals surface area contributed by atoms with Crippen molar-refractivity contribution in [1.82, 2.24) is 4.90 Å². The first-order valence-corrected chi connectivity index (χ1v) is 6.40. The topological polar surface area (TPSA) is 29.3 Å². The molecule has 0 bridgehead atoms. The molecule has 3 heteroatoms. The summed E-state index contributed by atoms with van der Waals surface area (Å²) in [6, 6.07) is 5.82. The van der Waals surface area contributed by atoms with Crippen molar-refractivity contribution in [3.8, 4) is 0 Å². The van der Waals surface area contributed by atoms with Gasteiger partial charge < -0.3 is 5.73 Å². The lowest BCUT2D eigenvalue weighted by Crippen LogP contribution is -2.24. The zero-order valence-corrected chi connectivity index (χ0v) is 10.3. The number of nitrogens with zero attached hydrogens (tertiary/aromatic N) is 1. The van der Waals surface area contributed by atoms with Gasteiger partial charge in [0.2, 0.25) is 0 Å². The van der Waals surface area contributed by atoms with Crippen molar-refractivity contribution in [3.05, 3.63) is 28.8 Å². The lowest BCUT2D eigenvalue weighted by Gasteiger charge is -2.20. The van der Waals surface area contributed by atoms with Crippen LogP contribution < -0.4 is 5.73 Å². The minimum absolute atomic E-state index is 0.740. The minimum atomic E-state index is 0.740. The van der Waals surface area contributed by atoms with Crippen molar-refractivity contribution in [1.29, 1.82) is 0 Å². The highest BCUT2D eigenvalue weighted by molar-refractivity contribution is 6.31. The molecule has 1 aliphatic rings. The molecule has 1 saturated heterocycles. The molecule has 1 fully saturated rings. The van der Waals surface area contributed by atoms with E-state index in [1.165, 1.54) is 44.3 Å². The highest BCUT2D eigenvalue weighted by Gasteiger charge is 2.11. The number of halogens is 1. The summed E-state index contributed by atoms with van der Waals surface area (Å²) in [6.07, 6.45) is 5.36. The second-order valence-electron chi connectivity index (χ2n) is 4.54. The largest absolute Gasteiger partial charge is 0.399 e. The SMILES string of the molecule is Nc1ccc(CN2CCCCCC2)c(Cl)c1. The second-order valence-corrected chi connectivity index (χ2v) is 4.95. The molecule has 0 spiro atoms. The van der Waals surface area contributed by atoms with Crippen LogP contribution in [-0.4, -0.2) is 18.0 Å². The number of anilines is 1. The fourth-order valence-electron chi connectivity index (χ4n) is 2.23. The Bertz CT molecular complexity index is 344. The monoisotopic (exact) mass is 238 g/mol. The van der Waals surface area contributed by atoms with Crippen LogP contribution in [0.25, 0.3) is 0 Å². The number of likely N-dealkylation sites (tertiary alicyclic amines) is 1. The predicted molar refractivity (Wildman–Crippen MR) is 69.6 cm³/mol. The molecule has 2 N–H and O–H groups in total. The van der Waals surface area contributed by atoms with E-state index in [4.69, 9.17) is 17.3 Å². The Hall–Kier alpha value is -0.730. The van der Waals surface area contributed by atoms with E-state index in [2.05, 4.69) is 4.90 Å². The summed E-state index contributed by atoms with van der Waals surface area (Å²) in [5.74, 6) is 0. The molecule has 1 aromatic rings.